The van der Waals surface area contributed by atoms with Gasteiger partial charge in [0.25, 0.3) is 0 Å². The molecule has 0 radical (unpaired) electrons. The van der Waals surface area contributed by atoms with E-state index in [0.29, 0.717) is 0 Å². The smallest absolute Gasteiger partial charge is 0.187 e. The van der Waals surface area contributed by atoms with Gasteiger partial charge in [-0.3, -0.25) is 5.32 Å². The fourth-order valence-electron chi connectivity index (χ4n) is 8.66. The molecule has 5 fully saturated rings. The Morgan fingerprint density at radius 1 is 0.455 bits per heavy atom. The highest BCUT2D eigenvalue weighted by Gasteiger charge is 2.55. The number of aliphatic hydroxyl groups excluding tert-OH is 19. The third kappa shape index (κ3) is 10.9. The third-order valence-corrected chi connectivity index (χ3v) is 12.6. The Bertz CT molecular complexity index is 1550. The van der Waals surface area contributed by atoms with Crippen molar-refractivity contribution in [3.8, 4) is 0 Å². The quantitative estimate of drug-likeness (QED) is 0.0678. The topological polar surface area (TPSA) is 479 Å². The van der Waals surface area contributed by atoms with E-state index in [1.165, 1.54) is 13.0 Å². The van der Waals surface area contributed by atoms with Crippen molar-refractivity contribution < 1.29 is 140 Å². The Kier molecular flexibility index (Phi) is 18.6. The molecule has 5 aliphatic heterocycles. The average molecular weight is 970 g/mol. The van der Waals surface area contributed by atoms with Crippen molar-refractivity contribution in [1.82, 2.24) is 5.32 Å². The van der Waals surface area contributed by atoms with Gasteiger partial charge in [0.1, 0.15) is 141 Å². The van der Waals surface area contributed by atoms with Crippen LogP contribution in [0.2, 0.25) is 0 Å². The maximum atomic E-state index is 11.3. The number of rotatable bonds is 15. The lowest BCUT2D eigenvalue weighted by atomic mass is 9.86. The van der Waals surface area contributed by atoms with Crippen molar-refractivity contribution in [2.45, 2.75) is 185 Å². The van der Waals surface area contributed by atoms with Crippen LogP contribution in [0.1, 0.15) is 6.92 Å². The highest BCUT2D eigenvalue weighted by Crippen LogP contribution is 2.35. The minimum atomic E-state index is -2.01. The maximum absolute atomic E-state index is 11.3. The van der Waals surface area contributed by atoms with Gasteiger partial charge in [0.2, 0.25) is 0 Å². The van der Waals surface area contributed by atoms with Crippen LogP contribution in [0.5, 0.6) is 0 Å². The lowest BCUT2D eigenvalue weighted by Gasteiger charge is -2.48. The molecule has 0 bridgehead atoms. The van der Waals surface area contributed by atoms with Gasteiger partial charge >= 0.3 is 0 Å². The van der Waals surface area contributed by atoms with Crippen molar-refractivity contribution in [3.05, 3.63) is 11.6 Å². The van der Waals surface area contributed by atoms with Gasteiger partial charge in [0.15, 0.2) is 25.2 Å². The number of hydrogen-bond acceptors (Lipinski definition) is 29. The molecule has 1 aliphatic carbocycles. The first-order chi connectivity index (χ1) is 31.2. The molecule has 66 heavy (non-hydrogen) atoms. The molecular weight excluding hydrogens is 906 g/mol. The van der Waals surface area contributed by atoms with Crippen molar-refractivity contribution in [3.63, 3.8) is 0 Å². The summed E-state index contributed by atoms with van der Waals surface area (Å²) in [6.45, 7) is -2.70. The molecule has 20 N–H and O–H groups in total. The van der Waals surface area contributed by atoms with Crippen LogP contribution in [0.3, 0.4) is 0 Å². The zero-order valence-electron chi connectivity index (χ0n) is 35.0. The molecule has 384 valence electrons. The van der Waals surface area contributed by atoms with Crippen LogP contribution < -0.4 is 5.32 Å². The Morgan fingerprint density at radius 3 is 1.56 bits per heavy atom. The van der Waals surface area contributed by atoms with E-state index in [2.05, 4.69) is 5.32 Å². The summed E-state index contributed by atoms with van der Waals surface area (Å²) in [4.78, 5) is 0. The van der Waals surface area contributed by atoms with E-state index in [1.807, 2.05) is 0 Å². The van der Waals surface area contributed by atoms with Gasteiger partial charge in [-0.1, -0.05) is 6.08 Å². The second kappa shape index (κ2) is 22.8. The molecule has 0 spiro atoms. The number of hydrogen-bond donors (Lipinski definition) is 20. The molecule has 29 heteroatoms. The van der Waals surface area contributed by atoms with E-state index >= 15 is 0 Å². The van der Waals surface area contributed by atoms with Gasteiger partial charge < -0.3 is 140 Å². The van der Waals surface area contributed by atoms with Crippen molar-refractivity contribution in [2.24, 2.45) is 0 Å². The summed E-state index contributed by atoms with van der Waals surface area (Å²) < 4.78 is 49.9. The second-order valence-electron chi connectivity index (χ2n) is 17.0. The summed E-state index contributed by atoms with van der Waals surface area (Å²) in [6.07, 6.45) is -47.5. The van der Waals surface area contributed by atoms with E-state index in [-0.39, 0.29) is 5.57 Å². The highest BCUT2D eigenvalue weighted by molar-refractivity contribution is 5.23. The molecule has 29 nitrogen and oxygen atoms in total. The molecule has 5 heterocycles. The van der Waals surface area contributed by atoms with E-state index < -0.39 is 211 Å². The lowest BCUT2D eigenvalue weighted by Crippen LogP contribution is -2.68. The van der Waals surface area contributed by atoms with Crippen LogP contribution >= 0.6 is 0 Å². The summed E-state index contributed by atoms with van der Waals surface area (Å²) in [5.41, 5.74) is -0.112. The molecule has 0 unspecified atom stereocenters. The standard InChI is InChI=1S/C37H63NO28/c1-8-29(22(50)28(56)36(59-8)65-32-13(6-42)63-35(27(55)23(32)51)58-7-14-17(45)18(46)25(53)34(57)61-14)64-30-9(3-39)2-10(15(43)20(30)48)38-33-24(52)21(49)31(12(5-41)60-33)66-37-26(54)19(47)16(44)11(4-40)62-37/h2,8,10-57H,3-7H2,1H3/t8-,10+,11-,12-,13-,14-,15+,16-,17-,18+,19+,20-,21-,22-,23-,24-,25-,26-,27-,28-,29-,30-,31-,32-,33+,34-,35+,36-,37-/m1/s1. The summed E-state index contributed by atoms with van der Waals surface area (Å²) in [5.74, 6) is 0. The van der Waals surface area contributed by atoms with Crippen LogP contribution in [0.25, 0.3) is 0 Å². The molecule has 5 saturated heterocycles. The molecule has 29 atom stereocenters. The molecule has 6 rings (SSSR count). The number of nitrogens with one attached hydrogen (secondary N) is 1. The minimum Gasteiger partial charge on any atom is -0.394 e. The monoisotopic (exact) mass is 969 g/mol. The van der Waals surface area contributed by atoms with Crippen molar-refractivity contribution >= 4 is 0 Å². The van der Waals surface area contributed by atoms with Crippen LogP contribution in [0.4, 0.5) is 0 Å². The summed E-state index contributed by atoms with van der Waals surface area (Å²) in [5, 5.41) is 202. The van der Waals surface area contributed by atoms with E-state index in [9.17, 15) is 97.0 Å². The fraction of sp³-hybridized carbons (Fsp3) is 0.946. The van der Waals surface area contributed by atoms with Crippen LogP contribution in [-0.4, -0.2) is 308 Å². The molecule has 0 amide bonds. The van der Waals surface area contributed by atoms with Crippen LogP contribution in [0, 0.1) is 0 Å². The van der Waals surface area contributed by atoms with E-state index in [4.69, 9.17) is 42.6 Å². The second-order valence-corrected chi connectivity index (χ2v) is 17.0. The van der Waals surface area contributed by atoms with Gasteiger partial charge in [-0.15, -0.1) is 0 Å². The Morgan fingerprint density at radius 2 is 0.955 bits per heavy atom. The van der Waals surface area contributed by atoms with Gasteiger partial charge in [-0.25, -0.2) is 0 Å². The molecule has 0 aromatic carbocycles. The summed E-state index contributed by atoms with van der Waals surface area (Å²) >= 11 is 0. The summed E-state index contributed by atoms with van der Waals surface area (Å²) in [6, 6.07) is -1.38. The first-order valence-corrected chi connectivity index (χ1v) is 21.2. The first-order valence-electron chi connectivity index (χ1n) is 21.2. The van der Waals surface area contributed by atoms with Crippen molar-refractivity contribution in [2.75, 3.05) is 33.0 Å². The maximum Gasteiger partial charge on any atom is 0.187 e. The normalized spacial score (nSPS) is 52.8. The van der Waals surface area contributed by atoms with Crippen LogP contribution in [0.15, 0.2) is 11.6 Å². The third-order valence-electron chi connectivity index (χ3n) is 12.6. The predicted octanol–water partition coefficient (Wildman–Crippen LogP) is -12.9. The summed E-state index contributed by atoms with van der Waals surface area (Å²) in [7, 11) is 0. The van der Waals surface area contributed by atoms with Gasteiger partial charge in [-0.05, 0) is 12.5 Å². The lowest BCUT2D eigenvalue weighted by molar-refractivity contribution is -0.364. The van der Waals surface area contributed by atoms with Gasteiger partial charge in [0.05, 0.1) is 45.2 Å². The largest absolute Gasteiger partial charge is 0.394 e. The average Bonchev–Trinajstić information content (AvgIpc) is 3.30. The molecule has 6 aliphatic rings. The molecule has 0 saturated carbocycles. The molecule has 0 aromatic rings. The van der Waals surface area contributed by atoms with Crippen LogP contribution in [-0.2, 0) is 42.6 Å². The van der Waals surface area contributed by atoms with Gasteiger partial charge in [-0.2, -0.15) is 0 Å². The molecular formula is C37H63NO28. The minimum absolute atomic E-state index is 0.112. The Balaban J connectivity index is 1.06. The van der Waals surface area contributed by atoms with E-state index in [0.717, 1.165) is 0 Å². The zero-order chi connectivity index (χ0) is 48.6. The zero-order valence-corrected chi connectivity index (χ0v) is 35.0. The van der Waals surface area contributed by atoms with E-state index in [1.54, 1.807) is 0 Å². The highest BCUT2D eigenvalue weighted by atomic mass is 16.8. The SMILES string of the molecule is C[C@H]1O[C@H](O[C@H]2[C@H](O)[C@@H](O)[C@@H](OC[C@H]3O[C@@H](O)[C@H](O)[C@@H](O)[C@@H]3O)O[C@@H]2CO)[C@H](O)[C@@H](O)[C@@H]1O[C@@H]1C(CO)=C[C@H](N[C@H]2O[C@H](CO)[C@@H](O[C@H]3O[C@H](CO)[C@@H](O)[C@H](O)[C@H]3O)[C@H](O)[C@H]2O)[C@H](O)[C@H]1O. The Labute approximate surface area is 374 Å². The molecule has 0 aromatic heterocycles. The Hall–Kier alpha value is -1.42. The van der Waals surface area contributed by atoms with Gasteiger partial charge in [0, 0.05) is 0 Å². The van der Waals surface area contributed by atoms with Crippen molar-refractivity contribution in [1.29, 1.82) is 0 Å². The predicted molar refractivity (Wildman–Crippen MR) is 203 cm³/mol. The fourth-order valence-corrected chi connectivity index (χ4v) is 8.66. The first kappa shape index (κ1) is 53.9. The number of aliphatic hydroxyl groups is 19. The number of ether oxygens (including phenoxy) is 9.